The fourth-order valence-electron chi connectivity index (χ4n) is 3.46. The molecule has 0 bridgehead atoms. The minimum atomic E-state index is -3.59. The Balaban J connectivity index is 1.77. The number of thiophene rings is 1. The van der Waals surface area contributed by atoms with Crippen molar-refractivity contribution in [2.45, 2.75) is 43.5 Å². The smallest absolute Gasteiger partial charge is 0.340 e. The van der Waals surface area contributed by atoms with Crippen molar-refractivity contribution in [1.29, 1.82) is 0 Å². The molecule has 0 radical (unpaired) electrons. The molecule has 1 unspecified atom stereocenters. The second-order valence-electron chi connectivity index (χ2n) is 6.81. The van der Waals surface area contributed by atoms with E-state index in [1.54, 1.807) is 15.8 Å². The Bertz CT molecular complexity index is 983. The maximum Gasteiger partial charge on any atom is 0.340 e. The highest BCUT2D eigenvalue weighted by atomic mass is 32.2. The van der Waals surface area contributed by atoms with E-state index >= 15 is 0 Å². The van der Waals surface area contributed by atoms with Crippen LogP contribution < -0.4 is 5.32 Å². The average Bonchev–Trinajstić information content (AvgIpc) is 3.21. The SMILES string of the molecule is CCC1CCCCN1S(=O)(=O)c1ccc(C(=O)Nc2sccc2C(=O)OC)cc1. The number of hydrogen-bond donors (Lipinski definition) is 1. The van der Waals surface area contributed by atoms with Crippen molar-refractivity contribution >= 4 is 38.2 Å². The van der Waals surface area contributed by atoms with E-state index in [9.17, 15) is 18.0 Å². The number of methoxy groups -OCH3 is 1. The molecule has 7 nitrogen and oxygen atoms in total. The Morgan fingerprint density at radius 1 is 1.21 bits per heavy atom. The molecule has 2 heterocycles. The molecular formula is C20H24N2O5S2. The van der Waals surface area contributed by atoms with Crippen LogP contribution >= 0.6 is 11.3 Å². The van der Waals surface area contributed by atoms with Crippen molar-refractivity contribution in [3.8, 4) is 0 Å². The number of nitrogens with zero attached hydrogens (tertiary/aromatic N) is 1. The van der Waals surface area contributed by atoms with Gasteiger partial charge in [-0.05, 0) is 55.0 Å². The monoisotopic (exact) mass is 436 g/mol. The minimum absolute atomic E-state index is 0.0206. The van der Waals surface area contributed by atoms with Gasteiger partial charge in [-0.15, -0.1) is 11.3 Å². The Kier molecular flexibility index (Phi) is 6.71. The molecule has 3 rings (SSSR count). The summed E-state index contributed by atoms with van der Waals surface area (Å²) in [5.41, 5.74) is 0.583. The van der Waals surface area contributed by atoms with Crippen molar-refractivity contribution in [3.05, 3.63) is 46.8 Å². The van der Waals surface area contributed by atoms with Crippen LogP contribution in [0.25, 0.3) is 0 Å². The second-order valence-corrected chi connectivity index (χ2v) is 9.61. The van der Waals surface area contributed by atoms with Gasteiger partial charge in [-0.1, -0.05) is 13.3 Å². The summed E-state index contributed by atoms with van der Waals surface area (Å²) in [7, 11) is -2.32. The zero-order valence-corrected chi connectivity index (χ0v) is 18.0. The highest BCUT2D eigenvalue weighted by Gasteiger charge is 2.32. The lowest BCUT2D eigenvalue weighted by molar-refractivity contribution is 0.0602. The van der Waals surface area contributed by atoms with Gasteiger partial charge in [0.25, 0.3) is 5.91 Å². The van der Waals surface area contributed by atoms with E-state index in [0.29, 0.717) is 17.1 Å². The van der Waals surface area contributed by atoms with Crippen molar-refractivity contribution < 1.29 is 22.7 Å². The molecule has 156 valence electrons. The molecule has 0 aliphatic carbocycles. The van der Waals surface area contributed by atoms with Gasteiger partial charge in [0.2, 0.25) is 10.0 Å². The number of nitrogens with one attached hydrogen (secondary N) is 1. The van der Waals surface area contributed by atoms with Crippen LogP contribution in [-0.4, -0.2) is 44.3 Å². The molecule has 2 aromatic rings. The summed E-state index contributed by atoms with van der Waals surface area (Å²) in [6, 6.07) is 7.48. The van der Waals surface area contributed by atoms with Crippen molar-refractivity contribution in [2.24, 2.45) is 0 Å². The number of amides is 1. The summed E-state index contributed by atoms with van der Waals surface area (Å²) < 4.78 is 32.3. The predicted molar refractivity (Wildman–Crippen MR) is 112 cm³/mol. The number of anilines is 1. The zero-order chi connectivity index (χ0) is 21.0. The Morgan fingerprint density at radius 2 is 1.93 bits per heavy atom. The molecule has 1 N–H and O–H groups in total. The van der Waals surface area contributed by atoms with E-state index in [4.69, 9.17) is 4.74 Å². The van der Waals surface area contributed by atoms with Gasteiger partial charge in [0.1, 0.15) is 5.00 Å². The summed E-state index contributed by atoms with van der Waals surface area (Å²) >= 11 is 1.21. The molecule has 1 aliphatic rings. The molecule has 1 aromatic carbocycles. The van der Waals surface area contributed by atoms with Crippen LogP contribution in [0.1, 0.15) is 53.3 Å². The topological polar surface area (TPSA) is 92.8 Å². The second kappa shape index (κ2) is 9.06. The van der Waals surface area contributed by atoms with Crippen LogP contribution in [0.15, 0.2) is 40.6 Å². The normalized spacial score (nSPS) is 17.7. The number of benzene rings is 1. The summed E-state index contributed by atoms with van der Waals surface area (Å²) in [5.74, 6) is -0.957. The van der Waals surface area contributed by atoms with E-state index in [1.165, 1.54) is 42.7 Å². The van der Waals surface area contributed by atoms with Crippen LogP contribution in [0.3, 0.4) is 0 Å². The van der Waals surface area contributed by atoms with Crippen molar-refractivity contribution in [1.82, 2.24) is 4.31 Å². The molecular weight excluding hydrogens is 412 g/mol. The Hall–Kier alpha value is -2.23. The van der Waals surface area contributed by atoms with Gasteiger partial charge in [0.15, 0.2) is 0 Å². The molecule has 1 aliphatic heterocycles. The third-order valence-electron chi connectivity index (χ3n) is 5.07. The summed E-state index contributed by atoms with van der Waals surface area (Å²) in [4.78, 5) is 24.4. The largest absolute Gasteiger partial charge is 0.465 e. The highest BCUT2D eigenvalue weighted by molar-refractivity contribution is 7.89. The average molecular weight is 437 g/mol. The first kappa shape index (κ1) is 21.5. The lowest BCUT2D eigenvalue weighted by atomic mass is 10.0. The molecule has 1 saturated heterocycles. The third kappa shape index (κ3) is 4.52. The quantitative estimate of drug-likeness (QED) is 0.697. The van der Waals surface area contributed by atoms with E-state index in [0.717, 1.165) is 25.7 Å². The molecule has 1 fully saturated rings. The Labute approximate surface area is 174 Å². The van der Waals surface area contributed by atoms with Crippen LogP contribution in [0.4, 0.5) is 5.00 Å². The van der Waals surface area contributed by atoms with Crippen LogP contribution in [-0.2, 0) is 14.8 Å². The summed E-state index contributed by atoms with van der Waals surface area (Å²) in [5, 5.41) is 4.75. The van der Waals surface area contributed by atoms with Gasteiger partial charge in [-0.2, -0.15) is 4.31 Å². The molecule has 1 aromatic heterocycles. The first-order valence-electron chi connectivity index (χ1n) is 9.47. The number of rotatable bonds is 6. The summed E-state index contributed by atoms with van der Waals surface area (Å²) in [6.45, 7) is 2.52. The van der Waals surface area contributed by atoms with Crippen molar-refractivity contribution in [3.63, 3.8) is 0 Å². The zero-order valence-electron chi connectivity index (χ0n) is 16.4. The van der Waals surface area contributed by atoms with Crippen molar-refractivity contribution in [2.75, 3.05) is 19.0 Å². The number of sulfonamides is 1. The minimum Gasteiger partial charge on any atom is -0.465 e. The molecule has 0 spiro atoms. The van der Waals surface area contributed by atoms with Gasteiger partial charge in [-0.25, -0.2) is 13.2 Å². The number of piperidine rings is 1. The van der Waals surface area contributed by atoms with Gasteiger partial charge in [0.05, 0.1) is 17.6 Å². The van der Waals surface area contributed by atoms with Gasteiger partial charge >= 0.3 is 5.97 Å². The molecule has 1 amide bonds. The van der Waals surface area contributed by atoms with Crippen LogP contribution in [0.2, 0.25) is 0 Å². The fraction of sp³-hybridized carbons (Fsp3) is 0.400. The summed E-state index contributed by atoms with van der Waals surface area (Å²) in [6.07, 6.45) is 3.56. The van der Waals surface area contributed by atoms with Crippen LogP contribution in [0, 0.1) is 0 Å². The predicted octanol–water partition coefficient (Wildman–Crippen LogP) is 3.74. The highest BCUT2D eigenvalue weighted by Crippen LogP contribution is 2.28. The Morgan fingerprint density at radius 3 is 2.59 bits per heavy atom. The maximum atomic E-state index is 13.0. The van der Waals surface area contributed by atoms with E-state index in [-0.39, 0.29) is 16.5 Å². The van der Waals surface area contributed by atoms with E-state index < -0.39 is 21.9 Å². The lowest BCUT2D eigenvalue weighted by Gasteiger charge is -2.34. The fourth-order valence-corrected chi connectivity index (χ4v) is 6.00. The van der Waals surface area contributed by atoms with E-state index in [1.807, 2.05) is 6.92 Å². The van der Waals surface area contributed by atoms with Crippen LogP contribution in [0.5, 0.6) is 0 Å². The van der Waals surface area contributed by atoms with Gasteiger partial charge < -0.3 is 10.1 Å². The molecule has 0 saturated carbocycles. The molecule has 29 heavy (non-hydrogen) atoms. The maximum absolute atomic E-state index is 13.0. The number of carbonyl (C=O) groups excluding carboxylic acids is 2. The number of esters is 1. The van der Waals surface area contributed by atoms with Gasteiger partial charge in [0, 0.05) is 18.2 Å². The molecule has 1 atom stereocenters. The van der Waals surface area contributed by atoms with Gasteiger partial charge in [-0.3, -0.25) is 4.79 Å². The molecule has 9 heteroatoms. The first-order valence-corrected chi connectivity index (χ1v) is 11.8. The lowest BCUT2D eigenvalue weighted by Crippen LogP contribution is -2.43. The number of carbonyl (C=O) groups is 2. The third-order valence-corrected chi connectivity index (χ3v) is 7.86. The standard InChI is InChI=1S/C20H24N2O5S2/c1-3-15-6-4-5-12-22(15)29(25,26)16-9-7-14(8-10-16)18(23)21-19-17(11-13-28-19)20(24)27-2/h7-11,13,15H,3-6,12H2,1-2H3,(H,21,23). The van der Waals surface area contributed by atoms with E-state index in [2.05, 4.69) is 5.32 Å². The first-order chi connectivity index (χ1) is 13.9. The number of ether oxygens (including phenoxy) is 1. The number of hydrogen-bond acceptors (Lipinski definition) is 6.